The van der Waals surface area contributed by atoms with Crippen molar-refractivity contribution in [1.29, 1.82) is 0 Å². The van der Waals surface area contributed by atoms with E-state index < -0.39 is 23.3 Å². The number of amides is 1. The minimum atomic E-state index is -0.718. The number of carbonyl (C=O) groups excluding carboxylic acids is 2. The predicted octanol–water partition coefficient (Wildman–Crippen LogP) is 3.35. The number of benzene rings is 2. The van der Waals surface area contributed by atoms with Gasteiger partial charge in [0, 0.05) is 12.1 Å². The third-order valence-electron chi connectivity index (χ3n) is 4.68. The Morgan fingerprint density at radius 3 is 2.70 bits per heavy atom. The van der Waals surface area contributed by atoms with Crippen LogP contribution >= 0.6 is 0 Å². The lowest BCUT2D eigenvalue weighted by Gasteiger charge is -2.12. The van der Waals surface area contributed by atoms with Crippen molar-refractivity contribution in [2.45, 2.75) is 13.5 Å². The largest absolute Gasteiger partial charge is 0.495 e. The number of aromatic nitrogens is 2. The summed E-state index contributed by atoms with van der Waals surface area (Å²) in [5.41, 5.74) is 0.212. The number of methoxy groups -OCH3 is 1. The number of aryl methyl sites for hydroxylation is 1. The molecule has 1 N–H and O–H groups in total. The molecule has 0 saturated carbocycles. The Kier molecular flexibility index (Phi) is 5.90. The third-order valence-corrected chi connectivity index (χ3v) is 4.68. The lowest BCUT2D eigenvalue weighted by Crippen LogP contribution is -2.16. The second kappa shape index (κ2) is 8.95. The fourth-order valence-corrected chi connectivity index (χ4v) is 3.14. The second-order valence-corrected chi connectivity index (χ2v) is 7.01. The highest BCUT2D eigenvalue weighted by molar-refractivity contribution is 6.06. The molecule has 0 radical (unpaired) electrons. The average Bonchev–Trinajstić information content (AvgIpc) is 3.18. The van der Waals surface area contributed by atoms with E-state index in [0.717, 1.165) is 4.57 Å². The quantitative estimate of drug-likeness (QED) is 0.448. The minimum Gasteiger partial charge on any atom is -0.495 e. The lowest BCUT2D eigenvalue weighted by atomic mass is 10.1. The van der Waals surface area contributed by atoms with Gasteiger partial charge < -0.3 is 19.3 Å². The summed E-state index contributed by atoms with van der Waals surface area (Å²) in [5.74, 6) is -1.32. The molecule has 168 valence electrons. The fourth-order valence-electron chi connectivity index (χ4n) is 3.14. The smallest absolute Gasteiger partial charge is 0.338 e. The molecule has 2 aromatic carbocycles. The molecule has 2 aromatic heterocycles. The molecule has 0 atom stereocenters. The number of esters is 1. The Labute approximate surface area is 186 Å². The number of carbonyl (C=O) groups is 2. The normalized spacial score (nSPS) is 10.8. The van der Waals surface area contributed by atoms with Crippen LogP contribution in [0.15, 0.2) is 63.9 Å². The van der Waals surface area contributed by atoms with Gasteiger partial charge >= 0.3 is 5.97 Å². The highest BCUT2D eigenvalue weighted by Gasteiger charge is 2.17. The minimum absolute atomic E-state index is 0.108. The van der Waals surface area contributed by atoms with E-state index in [1.165, 1.54) is 55.6 Å². The maximum Gasteiger partial charge on any atom is 0.338 e. The molecule has 0 unspecified atom stereocenters. The number of hydrogen-bond donors (Lipinski definition) is 1. The highest BCUT2D eigenvalue weighted by Crippen LogP contribution is 2.27. The fraction of sp³-hybridized carbons (Fsp3) is 0.130. The van der Waals surface area contributed by atoms with Gasteiger partial charge in [0.1, 0.15) is 23.9 Å². The molecule has 0 spiro atoms. The summed E-state index contributed by atoms with van der Waals surface area (Å²) in [7, 11) is 1.39. The summed E-state index contributed by atoms with van der Waals surface area (Å²) in [6.45, 7) is 1.43. The number of rotatable bonds is 6. The molecule has 33 heavy (non-hydrogen) atoms. The molecular weight excluding hydrogens is 433 g/mol. The van der Waals surface area contributed by atoms with Gasteiger partial charge in [0.15, 0.2) is 5.65 Å². The van der Waals surface area contributed by atoms with Gasteiger partial charge in [0.2, 0.25) is 0 Å². The Morgan fingerprint density at radius 2 is 1.94 bits per heavy atom. The predicted molar refractivity (Wildman–Crippen MR) is 115 cm³/mol. The molecule has 1 amide bonds. The number of halogens is 1. The van der Waals surface area contributed by atoms with E-state index in [1.54, 1.807) is 13.0 Å². The molecule has 4 aromatic rings. The molecular formula is C23H18FN3O6. The van der Waals surface area contributed by atoms with Gasteiger partial charge in [-0.2, -0.15) is 0 Å². The summed E-state index contributed by atoms with van der Waals surface area (Å²) in [6, 6.07) is 12.6. The van der Waals surface area contributed by atoms with Crippen LogP contribution in [-0.4, -0.2) is 28.5 Å². The van der Waals surface area contributed by atoms with Gasteiger partial charge in [-0.05, 0) is 37.3 Å². The second-order valence-electron chi connectivity index (χ2n) is 7.01. The topological polar surface area (TPSA) is 112 Å². The Hall–Kier alpha value is -4.47. The first kappa shape index (κ1) is 21.8. The van der Waals surface area contributed by atoms with E-state index in [2.05, 4.69) is 10.3 Å². The molecule has 4 rings (SSSR count). The van der Waals surface area contributed by atoms with Crippen LogP contribution in [0.25, 0.3) is 5.65 Å². The number of nitrogens with one attached hydrogen (secondary N) is 1. The van der Waals surface area contributed by atoms with E-state index >= 15 is 0 Å². The Bertz CT molecular complexity index is 1430. The number of ether oxygens (including phenoxy) is 2. The van der Waals surface area contributed by atoms with Crippen molar-refractivity contribution in [3.05, 3.63) is 93.3 Å². The van der Waals surface area contributed by atoms with E-state index in [1.807, 2.05) is 0 Å². The SMILES string of the molecule is COc1ccc(C(=O)OCc2cc(=O)n3oc(C)cc3n2)cc1NC(=O)c1ccccc1F. The van der Waals surface area contributed by atoms with E-state index in [0.29, 0.717) is 11.4 Å². The van der Waals surface area contributed by atoms with Crippen molar-refractivity contribution in [2.24, 2.45) is 0 Å². The monoisotopic (exact) mass is 451 g/mol. The van der Waals surface area contributed by atoms with Gasteiger partial charge in [-0.15, -0.1) is 4.57 Å². The maximum atomic E-state index is 13.9. The number of nitrogens with zero attached hydrogens (tertiary/aromatic N) is 2. The van der Waals surface area contributed by atoms with Crippen LogP contribution in [0.5, 0.6) is 5.75 Å². The summed E-state index contributed by atoms with van der Waals surface area (Å²) < 4.78 is 30.7. The van der Waals surface area contributed by atoms with Crippen LogP contribution in [0.3, 0.4) is 0 Å². The lowest BCUT2D eigenvalue weighted by molar-refractivity contribution is 0.0467. The summed E-state index contributed by atoms with van der Waals surface area (Å²) >= 11 is 0. The molecule has 0 aliphatic carbocycles. The zero-order chi connectivity index (χ0) is 23.5. The third kappa shape index (κ3) is 4.59. The maximum absolute atomic E-state index is 13.9. The molecule has 0 aliphatic heterocycles. The molecule has 10 heteroatoms. The Balaban J connectivity index is 1.52. The first-order chi connectivity index (χ1) is 15.9. The van der Waals surface area contributed by atoms with Gasteiger partial charge in [-0.3, -0.25) is 9.59 Å². The van der Waals surface area contributed by atoms with Crippen molar-refractivity contribution in [3.8, 4) is 5.75 Å². The molecule has 2 heterocycles. The van der Waals surface area contributed by atoms with Crippen LogP contribution in [0.1, 0.15) is 32.2 Å². The molecule has 0 saturated heterocycles. The number of anilines is 1. The summed E-state index contributed by atoms with van der Waals surface area (Å²) in [5, 5.41) is 2.54. The van der Waals surface area contributed by atoms with E-state index in [9.17, 15) is 18.8 Å². The molecule has 0 aliphatic rings. The van der Waals surface area contributed by atoms with E-state index in [4.69, 9.17) is 14.0 Å². The summed E-state index contributed by atoms with van der Waals surface area (Å²) in [6.07, 6.45) is 0. The van der Waals surface area contributed by atoms with Crippen molar-refractivity contribution >= 4 is 23.2 Å². The van der Waals surface area contributed by atoms with Crippen molar-refractivity contribution in [2.75, 3.05) is 12.4 Å². The van der Waals surface area contributed by atoms with Crippen LogP contribution < -0.4 is 15.6 Å². The average molecular weight is 451 g/mol. The standard InChI is InChI=1S/C23H18FN3O6/c1-13-9-20-25-15(11-21(28)27(20)33-13)12-32-23(30)14-7-8-19(31-2)18(10-14)26-22(29)16-5-3-4-6-17(16)24/h3-11H,12H2,1-2H3,(H,26,29). The van der Waals surface area contributed by atoms with Gasteiger partial charge in [-0.25, -0.2) is 14.2 Å². The highest BCUT2D eigenvalue weighted by atomic mass is 19.1. The van der Waals surface area contributed by atoms with Gasteiger partial charge in [-0.1, -0.05) is 12.1 Å². The molecule has 0 fully saturated rings. The first-order valence-electron chi connectivity index (χ1n) is 9.76. The molecule has 0 bridgehead atoms. The number of fused-ring (bicyclic) bond motifs is 1. The van der Waals surface area contributed by atoms with Crippen molar-refractivity contribution < 1.29 is 28.0 Å². The molecule has 9 nitrogen and oxygen atoms in total. The van der Waals surface area contributed by atoms with Crippen LogP contribution in [0.2, 0.25) is 0 Å². The van der Waals surface area contributed by atoms with Crippen molar-refractivity contribution in [1.82, 2.24) is 9.56 Å². The van der Waals surface area contributed by atoms with Crippen LogP contribution in [-0.2, 0) is 11.3 Å². The van der Waals surface area contributed by atoms with E-state index in [-0.39, 0.29) is 34.9 Å². The van der Waals surface area contributed by atoms with Gasteiger partial charge in [0.05, 0.1) is 29.6 Å². The number of hydrogen-bond acceptors (Lipinski definition) is 7. The van der Waals surface area contributed by atoms with Crippen LogP contribution in [0.4, 0.5) is 10.1 Å². The van der Waals surface area contributed by atoms with Crippen LogP contribution in [0, 0.1) is 12.7 Å². The summed E-state index contributed by atoms with van der Waals surface area (Å²) in [4.78, 5) is 41.4. The van der Waals surface area contributed by atoms with Crippen molar-refractivity contribution in [3.63, 3.8) is 0 Å². The first-order valence-corrected chi connectivity index (χ1v) is 9.76. The zero-order valence-electron chi connectivity index (χ0n) is 17.6. The Morgan fingerprint density at radius 1 is 1.15 bits per heavy atom. The van der Waals surface area contributed by atoms with Gasteiger partial charge in [0.25, 0.3) is 11.5 Å². The zero-order valence-corrected chi connectivity index (χ0v) is 17.6.